The molecule has 0 aliphatic rings. The van der Waals surface area contributed by atoms with Crippen molar-refractivity contribution in [3.63, 3.8) is 0 Å². The topological polar surface area (TPSA) is 108 Å². The molecule has 3 rings (SSSR count). The van der Waals surface area contributed by atoms with Crippen molar-refractivity contribution in [2.45, 2.75) is 38.5 Å². The van der Waals surface area contributed by atoms with Crippen LogP contribution in [0.4, 0.5) is 5.13 Å². The number of carbonyl (C=O) groups is 2. The minimum absolute atomic E-state index is 0.0829. The van der Waals surface area contributed by atoms with Gasteiger partial charge >= 0.3 is 5.97 Å². The van der Waals surface area contributed by atoms with Crippen molar-refractivity contribution >= 4 is 40.1 Å². The number of thioether (sulfide) groups is 1. The van der Waals surface area contributed by atoms with Crippen LogP contribution in [-0.2, 0) is 27.8 Å². The molecular weight excluding hydrogens is 450 g/mol. The second-order valence-electron chi connectivity index (χ2n) is 6.94. The van der Waals surface area contributed by atoms with E-state index in [0.29, 0.717) is 28.4 Å². The number of benzene rings is 1. The van der Waals surface area contributed by atoms with Gasteiger partial charge in [-0.25, -0.2) is 4.98 Å². The van der Waals surface area contributed by atoms with Crippen molar-refractivity contribution in [1.29, 1.82) is 0 Å². The number of nitrogens with one attached hydrogen (secondary N) is 1. The molecule has 0 fully saturated rings. The summed E-state index contributed by atoms with van der Waals surface area (Å²) in [5.41, 5.74) is 1.73. The molecule has 0 bridgehead atoms. The molecular formula is C21H25N5O4S2. The van der Waals surface area contributed by atoms with E-state index >= 15 is 0 Å². The molecule has 1 atom stereocenters. The van der Waals surface area contributed by atoms with E-state index in [1.807, 2.05) is 49.7 Å². The molecule has 2 aromatic heterocycles. The number of amides is 1. The van der Waals surface area contributed by atoms with Gasteiger partial charge in [0.05, 0.1) is 24.5 Å². The Morgan fingerprint density at radius 2 is 2.00 bits per heavy atom. The first-order valence-corrected chi connectivity index (χ1v) is 11.9. The van der Waals surface area contributed by atoms with Gasteiger partial charge in [0, 0.05) is 12.4 Å². The van der Waals surface area contributed by atoms with Gasteiger partial charge in [-0.1, -0.05) is 29.5 Å². The summed E-state index contributed by atoms with van der Waals surface area (Å²) >= 11 is 2.53. The molecule has 1 unspecified atom stereocenters. The molecule has 11 heteroatoms. The number of aryl methyl sites for hydroxylation is 1. The van der Waals surface area contributed by atoms with Crippen LogP contribution >= 0.6 is 23.1 Å². The van der Waals surface area contributed by atoms with E-state index in [4.69, 9.17) is 9.47 Å². The Morgan fingerprint density at radius 3 is 2.72 bits per heavy atom. The Balaban J connectivity index is 1.51. The van der Waals surface area contributed by atoms with Gasteiger partial charge in [0.25, 0.3) is 0 Å². The first-order valence-electron chi connectivity index (χ1n) is 10.0. The number of esters is 1. The number of thiazole rings is 1. The van der Waals surface area contributed by atoms with Gasteiger partial charge < -0.3 is 19.4 Å². The van der Waals surface area contributed by atoms with Crippen LogP contribution in [0.3, 0.4) is 0 Å². The Hall–Kier alpha value is -2.92. The number of aromatic nitrogens is 4. The second-order valence-corrected chi connectivity index (χ2v) is 8.74. The lowest BCUT2D eigenvalue weighted by molar-refractivity contribution is -0.142. The number of carbonyl (C=O) groups excluding carboxylic acids is 2. The standard InChI is InChI=1S/C21H25N5O4S2/c1-5-29-18(28)10-15-11-31-20(22-15)23-17(27)12-32-21-25-24-19(26(21)4)14(3)30-16-8-6-13(2)7-9-16/h6-9,11,14H,5,10,12H2,1-4H3,(H,22,23,27). The Morgan fingerprint density at radius 1 is 1.25 bits per heavy atom. The Labute approximate surface area is 194 Å². The van der Waals surface area contributed by atoms with E-state index in [1.54, 1.807) is 12.3 Å². The highest BCUT2D eigenvalue weighted by atomic mass is 32.2. The average Bonchev–Trinajstić information content (AvgIpc) is 3.34. The summed E-state index contributed by atoms with van der Waals surface area (Å²) in [7, 11) is 1.84. The number of ether oxygens (including phenoxy) is 2. The summed E-state index contributed by atoms with van der Waals surface area (Å²) in [6, 6.07) is 7.81. The van der Waals surface area contributed by atoms with E-state index in [2.05, 4.69) is 20.5 Å². The van der Waals surface area contributed by atoms with Crippen LogP contribution in [0.1, 0.15) is 37.0 Å². The lowest BCUT2D eigenvalue weighted by atomic mass is 10.2. The molecule has 170 valence electrons. The highest BCUT2D eigenvalue weighted by molar-refractivity contribution is 7.99. The zero-order chi connectivity index (χ0) is 23.1. The van der Waals surface area contributed by atoms with Crippen LogP contribution in [-0.4, -0.2) is 44.0 Å². The fourth-order valence-corrected chi connectivity index (χ4v) is 4.21. The molecule has 0 aliphatic carbocycles. The second kappa shape index (κ2) is 11.1. The van der Waals surface area contributed by atoms with Crippen LogP contribution in [0.15, 0.2) is 34.8 Å². The van der Waals surface area contributed by atoms with Crippen LogP contribution in [0.2, 0.25) is 0 Å². The molecule has 0 saturated carbocycles. The number of hydrogen-bond acceptors (Lipinski definition) is 9. The quantitative estimate of drug-likeness (QED) is 0.350. The van der Waals surface area contributed by atoms with E-state index in [0.717, 1.165) is 11.3 Å². The number of hydrogen-bond donors (Lipinski definition) is 1. The lowest BCUT2D eigenvalue weighted by Crippen LogP contribution is -2.15. The largest absolute Gasteiger partial charge is 0.483 e. The monoisotopic (exact) mass is 475 g/mol. The molecule has 0 radical (unpaired) electrons. The summed E-state index contributed by atoms with van der Waals surface area (Å²) in [6.07, 6.45) is -0.217. The third kappa shape index (κ3) is 6.54. The van der Waals surface area contributed by atoms with Gasteiger partial charge in [0.15, 0.2) is 22.2 Å². The van der Waals surface area contributed by atoms with E-state index < -0.39 is 0 Å². The fraction of sp³-hybridized carbons (Fsp3) is 0.381. The minimum Gasteiger partial charge on any atom is -0.483 e. The van der Waals surface area contributed by atoms with E-state index in [9.17, 15) is 9.59 Å². The minimum atomic E-state index is -0.343. The number of nitrogens with zero attached hydrogens (tertiary/aromatic N) is 4. The molecule has 1 N–H and O–H groups in total. The summed E-state index contributed by atoms with van der Waals surface area (Å²) < 4.78 is 12.7. The highest BCUT2D eigenvalue weighted by Crippen LogP contribution is 2.24. The van der Waals surface area contributed by atoms with Crippen molar-refractivity contribution in [3.05, 3.63) is 46.7 Å². The third-order valence-electron chi connectivity index (χ3n) is 4.33. The Kier molecular flexibility index (Phi) is 8.23. The van der Waals surface area contributed by atoms with Crippen molar-refractivity contribution in [2.75, 3.05) is 17.7 Å². The molecule has 0 saturated heterocycles. The van der Waals surface area contributed by atoms with Gasteiger partial charge in [-0.15, -0.1) is 21.5 Å². The van der Waals surface area contributed by atoms with Gasteiger partial charge in [0.2, 0.25) is 5.91 Å². The van der Waals surface area contributed by atoms with E-state index in [1.165, 1.54) is 23.1 Å². The molecule has 1 amide bonds. The third-order valence-corrected chi connectivity index (χ3v) is 6.15. The molecule has 32 heavy (non-hydrogen) atoms. The molecule has 9 nitrogen and oxygen atoms in total. The van der Waals surface area contributed by atoms with Crippen LogP contribution < -0.4 is 10.1 Å². The number of anilines is 1. The van der Waals surface area contributed by atoms with Gasteiger partial charge in [-0.05, 0) is 32.9 Å². The maximum Gasteiger partial charge on any atom is 0.311 e. The van der Waals surface area contributed by atoms with Crippen molar-refractivity contribution in [2.24, 2.45) is 7.05 Å². The maximum absolute atomic E-state index is 12.3. The van der Waals surface area contributed by atoms with E-state index in [-0.39, 0.29) is 30.2 Å². The molecule has 3 aromatic rings. The van der Waals surface area contributed by atoms with Gasteiger partial charge in [-0.2, -0.15) is 0 Å². The van der Waals surface area contributed by atoms with Gasteiger partial charge in [-0.3, -0.25) is 9.59 Å². The summed E-state index contributed by atoms with van der Waals surface area (Å²) in [5, 5.41) is 13.9. The molecule has 0 spiro atoms. The van der Waals surface area contributed by atoms with Crippen molar-refractivity contribution < 1.29 is 19.1 Å². The van der Waals surface area contributed by atoms with Gasteiger partial charge in [0.1, 0.15) is 5.75 Å². The first kappa shape index (κ1) is 23.7. The number of rotatable bonds is 10. The summed E-state index contributed by atoms with van der Waals surface area (Å²) in [6.45, 7) is 6.00. The summed E-state index contributed by atoms with van der Waals surface area (Å²) in [4.78, 5) is 28.1. The summed E-state index contributed by atoms with van der Waals surface area (Å²) in [5.74, 6) is 0.999. The lowest BCUT2D eigenvalue weighted by Gasteiger charge is -2.14. The first-order chi connectivity index (χ1) is 15.4. The average molecular weight is 476 g/mol. The van der Waals surface area contributed by atoms with Crippen LogP contribution in [0, 0.1) is 6.92 Å². The normalized spacial score (nSPS) is 11.8. The fourth-order valence-electron chi connectivity index (χ4n) is 2.77. The van der Waals surface area contributed by atoms with Crippen LogP contribution in [0.25, 0.3) is 0 Å². The molecule has 0 aliphatic heterocycles. The smallest absolute Gasteiger partial charge is 0.311 e. The Bertz CT molecular complexity index is 1060. The van der Waals surface area contributed by atoms with Crippen LogP contribution in [0.5, 0.6) is 5.75 Å². The highest BCUT2D eigenvalue weighted by Gasteiger charge is 2.18. The van der Waals surface area contributed by atoms with Crippen molar-refractivity contribution in [3.8, 4) is 5.75 Å². The molecule has 1 aromatic carbocycles. The zero-order valence-corrected chi connectivity index (χ0v) is 20.0. The zero-order valence-electron chi connectivity index (χ0n) is 18.3. The van der Waals surface area contributed by atoms with Crippen molar-refractivity contribution in [1.82, 2.24) is 19.7 Å². The maximum atomic E-state index is 12.3. The molecule has 2 heterocycles. The SMILES string of the molecule is CCOC(=O)Cc1csc(NC(=O)CSc2nnc(C(C)Oc3ccc(C)cc3)n2C)n1. The predicted octanol–water partition coefficient (Wildman–Crippen LogP) is 3.56. The predicted molar refractivity (Wildman–Crippen MR) is 123 cm³/mol.